The zero-order valence-corrected chi connectivity index (χ0v) is 34.0. The van der Waals surface area contributed by atoms with Crippen LogP contribution in [0.1, 0.15) is 41.1 Å². The summed E-state index contributed by atoms with van der Waals surface area (Å²) in [5, 5.41) is 7.32. The fourth-order valence-corrected chi connectivity index (χ4v) is 4.65. The molecular weight excluding hydrogens is 843 g/mol. The Morgan fingerprint density at radius 3 is 0.741 bits per heavy atom. The van der Waals surface area contributed by atoms with Gasteiger partial charge in [-0.2, -0.15) is 5.26 Å². The molecule has 0 N–H and O–H groups in total. The van der Waals surface area contributed by atoms with E-state index in [2.05, 4.69) is 54.7 Å². The third kappa shape index (κ3) is 29.0. The van der Waals surface area contributed by atoms with Gasteiger partial charge < -0.3 is 0 Å². The number of rotatable bonds is 0. The molecule has 0 saturated carbocycles. The number of nitriles is 1. The van der Waals surface area contributed by atoms with E-state index in [1.54, 1.807) is 6.07 Å². The van der Waals surface area contributed by atoms with Crippen LogP contribution in [0.15, 0.2) is 84.6 Å². The molecule has 0 atom stereocenters. The smallest absolute Gasteiger partial charge is 0.298 e. The van der Waals surface area contributed by atoms with Gasteiger partial charge in [0.15, 0.2) is 0 Å². The van der Waals surface area contributed by atoms with Gasteiger partial charge in [-0.1, -0.05) is 18.2 Å². The second-order valence-corrected chi connectivity index (χ2v) is 12.8. The van der Waals surface area contributed by atoms with Gasteiger partial charge >= 0.3 is 17.1 Å². The summed E-state index contributed by atoms with van der Waals surface area (Å²) in [6.07, 6.45) is 11.0. The van der Waals surface area contributed by atoms with Crippen molar-refractivity contribution >= 4 is 37.3 Å². The number of aliphatic imine (C=N–C) groups is 6. The summed E-state index contributed by atoms with van der Waals surface area (Å²) in [5.41, 5.74) is 4.92. The number of hydrogen-bond donors (Lipinski definition) is 0. The minimum absolute atomic E-state index is 0. The molecule has 3 aliphatic rings. The summed E-state index contributed by atoms with van der Waals surface area (Å²) in [6, 6.07) is 19.5. The molecule has 0 spiro atoms. The van der Waals surface area contributed by atoms with Crippen molar-refractivity contribution in [3.63, 3.8) is 0 Å². The fourth-order valence-electron chi connectivity index (χ4n) is 4.65. The number of halogens is 2. The van der Waals surface area contributed by atoms with Crippen LogP contribution in [-0.2, 0) is 17.1 Å². The Morgan fingerprint density at radius 1 is 0.431 bits per heavy atom. The van der Waals surface area contributed by atoms with Gasteiger partial charge in [-0.3, -0.25) is 39.8 Å². The molecule has 0 unspecified atom stereocenters. The summed E-state index contributed by atoms with van der Waals surface area (Å²) in [7, 11) is -9.89. The summed E-state index contributed by atoms with van der Waals surface area (Å²) < 4.78 is 67.9. The van der Waals surface area contributed by atoms with Crippen molar-refractivity contribution in [3.8, 4) is 6.07 Å². The molecule has 6 heterocycles. The molecule has 58 heavy (non-hydrogen) atoms. The van der Waals surface area contributed by atoms with Crippen molar-refractivity contribution in [2.75, 3.05) is 78.5 Å². The van der Waals surface area contributed by atoms with Crippen LogP contribution in [0.5, 0.6) is 0 Å². The van der Waals surface area contributed by atoms with Crippen LogP contribution < -0.4 is 37.3 Å². The molecule has 0 aliphatic carbocycles. The van der Waals surface area contributed by atoms with Crippen LogP contribution in [0.25, 0.3) is 0 Å². The summed E-state index contributed by atoms with van der Waals surface area (Å²) >= 11 is 0. The summed E-state index contributed by atoms with van der Waals surface area (Å²) in [4.78, 5) is 46.7. The van der Waals surface area contributed by atoms with Crippen molar-refractivity contribution in [2.24, 2.45) is 30.0 Å². The van der Waals surface area contributed by atoms with Gasteiger partial charge in [-0.05, 0) is 36.4 Å². The first-order chi connectivity index (χ1) is 27.2. The zero-order valence-electron chi connectivity index (χ0n) is 31.4. The maximum atomic E-state index is 8.49. The van der Waals surface area contributed by atoms with Gasteiger partial charge in [0.25, 0.3) is 0 Å². The van der Waals surface area contributed by atoms with E-state index in [0.717, 1.165) is 73.4 Å². The van der Waals surface area contributed by atoms with Crippen LogP contribution in [0.3, 0.4) is 0 Å². The van der Waals surface area contributed by atoms with Crippen LogP contribution in [0, 0.1) is 31.8 Å². The van der Waals surface area contributed by atoms with Gasteiger partial charge in [-0.15, -0.1) is 20.5 Å². The predicted octanol–water partition coefficient (Wildman–Crippen LogP) is -6.57. The fraction of sp³-hybridized carbons (Fsp3) is 0.371. The van der Waals surface area contributed by atoms with E-state index in [0.29, 0.717) is 39.3 Å². The standard InChI is InChI=1S/C33H39N11.C2H3N.2ClHO4.Fe/c1-4-28-22-34-10-16-43-18-12-36-24-30-6-2-7-31(41-30)25-37-13-19-44(17-11-35-23-29(5-1)40-28)21-15-39-27-33-9-3-8-32(42-33)26-38-14-20-43;1-2-3;2*2-1(3,4)5;/h1-9,22-27H,10-21H2;1H3;2*(H,2,3,4,5);/q;;;;+2/p-2. The first-order valence-corrected chi connectivity index (χ1v) is 19.6. The van der Waals surface area contributed by atoms with Crippen LogP contribution in [-0.4, -0.2) is 141 Å². The number of pyridine rings is 3. The Kier molecular flexibility index (Phi) is 26.6. The topological polar surface area (TPSA) is 328 Å². The van der Waals surface area contributed by atoms with Gasteiger partial charge in [0.2, 0.25) is 0 Å². The number of fused-ring (bicyclic) bond motifs is 12. The third-order valence-corrected chi connectivity index (χ3v) is 6.99. The van der Waals surface area contributed by atoms with Crippen molar-refractivity contribution in [1.29, 1.82) is 5.26 Å². The van der Waals surface area contributed by atoms with Gasteiger partial charge in [0.05, 0.1) is 79.5 Å². The molecule has 0 amide bonds. The van der Waals surface area contributed by atoms with E-state index in [9.17, 15) is 0 Å². The molecule has 0 radical (unpaired) electrons. The van der Waals surface area contributed by atoms with Crippen molar-refractivity contribution < 1.29 is 74.8 Å². The van der Waals surface area contributed by atoms with E-state index in [4.69, 9.17) is 42.5 Å². The summed E-state index contributed by atoms with van der Waals surface area (Å²) in [6.45, 7) is 10.0. The molecule has 8 bridgehead atoms. The first kappa shape index (κ1) is 51.7. The zero-order chi connectivity index (χ0) is 41.8. The number of aromatic nitrogens is 3. The molecule has 3 aromatic heterocycles. The number of hydrogen-bond acceptors (Lipinski definition) is 20. The van der Waals surface area contributed by atoms with Gasteiger partial charge in [-0.25, -0.2) is 52.2 Å². The van der Waals surface area contributed by atoms with Gasteiger partial charge in [0.1, 0.15) is 0 Å². The van der Waals surface area contributed by atoms with E-state index in [1.165, 1.54) is 6.92 Å². The van der Waals surface area contributed by atoms with E-state index in [1.807, 2.05) is 91.9 Å². The van der Waals surface area contributed by atoms with Crippen LogP contribution in [0.2, 0.25) is 0 Å². The molecule has 0 aromatic carbocycles. The Balaban J connectivity index is 0.00000105. The van der Waals surface area contributed by atoms with Gasteiger partial charge in [0, 0.05) is 83.5 Å². The van der Waals surface area contributed by atoms with Crippen molar-refractivity contribution in [3.05, 3.63) is 88.8 Å². The van der Waals surface area contributed by atoms with Crippen LogP contribution in [0.4, 0.5) is 0 Å². The average molecular weight is 886 g/mol. The third-order valence-electron chi connectivity index (χ3n) is 6.99. The van der Waals surface area contributed by atoms with Crippen molar-refractivity contribution in [1.82, 2.24) is 24.8 Å². The quantitative estimate of drug-likeness (QED) is 0.190. The normalized spacial score (nSPS) is 17.7. The monoisotopic (exact) mass is 884 g/mol. The Bertz CT molecular complexity index is 1530. The van der Waals surface area contributed by atoms with E-state index < -0.39 is 20.5 Å². The molecule has 3 aromatic rings. The molecule has 0 saturated heterocycles. The average Bonchev–Trinajstić information content (AvgIpc) is 3.14. The first-order valence-electron chi connectivity index (χ1n) is 17.1. The van der Waals surface area contributed by atoms with E-state index >= 15 is 0 Å². The molecule has 6 rings (SSSR count). The molecule has 20 nitrogen and oxygen atoms in total. The summed E-state index contributed by atoms with van der Waals surface area (Å²) in [5.74, 6) is 0. The second-order valence-electron chi connectivity index (χ2n) is 11.3. The molecule has 0 fully saturated rings. The maximum Gasteiger partial charge on any atom is 2.00 e. The Morgan fingerprint density at radius 2 is 0.586 bits per heavy atom. The molecule has 312 valence electrons. The van der Waals surface area contributed by atoms with E-state index in [-0.39, 0.29) is 17.1 Å². The predicted molar refractivity (Wildman–Crippen MR) is 192 cm³/mol. The second kappa shape index (κ2) is 29.8. The SMILES string of the molecule is C1=NCCN2CCN=Cc3cccc(n3)C=NCCN(CCN=Cc3cccc1n3)CCN=Cc1cccc(n1)C=NCC2.CC#N.[Fe+2].[O-][Cl+3]([O-])([O-])[O-].[O-][Cl+3]([O-])([O-])[O-]. The Hall–Kier alpha value is -4.34. The maximum absolute atomic E-state index is 8.49. The minimum Gasteiger partial charge on any atom is -0.298 e. The molecule has 23 heteroatoms. The largest absolute Gasteiger partial charge is 2.00 e. The molecule has 3 aliphatic heterocycles. The molecular formula is C35H42Cl2FeN12O8. The van der Waals surface area contributed by atoms with Crippen molar-refractivity contribution in [2.45, 2.75) is 6.92 Å². The Labute approximate surface area is 351 Å². The minimum atomic E-state index is -4.94. The van der Waals surface area contributed by atoms with Crippen LogP contribution >= 0.6 is 0 Å². The number of nitrogens with zero attached hydrogens (tertiary/aromatic N) is 12.